The van der Waals surface area contributed by atoms with Crippen LogP contribution in [0, 0.1) is 0 Å². The van der Waals surface area contributed by atoms with Crippen molar-refractivity contribution in [3.8, 4) is 11.6 Å². The Kier molecular flexibility index (Phi) is 3.79. The maximum absolute atomic E-state index is 11.1. The van der Waals surface area contributed by atoms with E-state index in [1.54, 1.807) is 12.1 Å². The topological polar surface area (TPSA) is 108 Å². The van der Waals surface area contributed by atoms with Gasteiger partial charge in [0.2, 0.25) is 15.9 Å². The maximum atomic E-state index is 11.1. The van der Waals surface area contributed by atoms with Crippen molar-refractivity contribution in [2.45, 2.75) is 11.4 Å². The second kappa shape index (κ2) is 5.35. The zero-order valence-electron chi connectivity index (χ0n) is 9.98. The van der Waals surface area contributed by atoms with Gasteiger partial charge in [-0.3, -0.25) is 0 Å². The highest BCUT2D eigenvalue weighted by Gasteiger charge is 2.08. The van der Waals surface area contributed by atoms with Crippen molar-refractivity contribution >= 4 is 10.0 Å². The van der Waals surface area contributed by atoms with Gasteiger partial charge in [0.15, 0.2) is 0 Å². The summed E-state index contributed by atoms with van der Waals surface area (Å²) in [6.45, 7) is 0.460. The third-order valence-corrected chi connectivity index (χ3v) is 3.32. The van der Waals surface area contributed by atoms with E-state index in [1.165, 1.54) is 12.1 Å². The Balaban J connectivity index is 2.15. The molecule has 100 valence electrons. The van der Waals surface area contributed by atoms with Gasteiger partial charge >= 0.3 is 0 Å². The molecule has 0 aliphatic carbocycles. The van der Waals surface area contributed by atoms with Crippen LogP contribution in [0.3, 0.4) is 0 Å². The number of hydrogen-bond acceptors (Lipinski definition) is 5. The molecule has 4 N–H and O–H groups in total. The summed E-state index contributed by atoms with van der Waals surface area (Å²) < 4.78 is 27.6. The summed E-state index contributed by atoms with van der Waals surface area (Å²) in [5.74, 6) is 0.876. The average molecular weight is 279 g/mol. The zero-order valence-corrected chi connectivity index (χ0v) is 10.8. The Hall–Kier alpha value is -1.96. The fourth-order valence-corrected chi connectivity index (χ4v) is 1.87. The second-order valence-corrected chi connectivity index (χ2v) is 5.39. The molecule has 0 atom stereocenters. The quantitative estimate of drug-likeness (QED) is 0.867. The minimum Gasteiger partial charge on any atom is -0.439 e. The Morgan fingerprint density at radius 2 is 1.79 bits per heavy atom. The first-order valence-corrected chi connectivity index (χ1v) is 6.99. The number of rotatable bonds is 4. The van der Waals surface area contributed by atoms with Crippen molar-refractivity contribution in [2.75, 3.05) is 0 Å². The first-order chi connectivity index (χ1) is 8.99. The molecule has 2 rings (SSSR count). The summed E-state index contributed by atoms with van der Waals surface area (Å²) in [4.78, 5) is 3.82. The highest BCUT2D eigenvalue weighted by atomic mass is 32.2. The normalized spacial score (nSPS) is 11.3. The van der Waals surface area contributed by atoms with Gasteiger partial charge in [0.25, 0.3) is 0 Å². The second-order valence-electron chi connectivity index (χ2n) is 3.83. The lowest BCUT2D eigenvalue weighted by Crippen LogP contribution is -2.12. The van der Waals surface area contributed by atoms with E-state index in [4.69, 9.17) is 15.6 Å². The molecule has 0 amide bonds. The number of ether oxygens (including phenoxy) is 1. The largest absolute Gasteiger partial charge is 0.439 e. The number of sulfonamides is 1. The first kappa shape index (κ1) is 13.5. The molecule has 0 saturated heterocycles. The van der Waals surface area contributed by atoms with Crippen LogP contribution in [-0.4, -0.2) is 13.4 Å². The van der Waals surface area contributed by atoms with Gasteiger partial charge in [-0.2, -0.15) is 0 Å². The summed E-state index contributed by atoms with van der Waals surface area (Å²) in [5, 5.41) is 4.97. The lowest BCUT2D eigenvalue weighted by atomic mass is 10.2. The van der Waals surface area contributed by atoms with Gasteiger partial charge in [0.1, 0.15) is 10.6 Å². The molecule has 0 fully saturated rings. The highest BCUT2D eigenvalue weighted by Crippen LogP contribution is 2.20. The van der Waals surface area contributed by atoms with Gasteiger partial charge in [-0.05, 0) is 23.8 Å². The fourth-order valence-electron chi connectivity index (χ4n) is 1.41. The van der Waals surface area contributed by atoms with E-state index in [2.05, 4.69) is 4.98 Å². The van der Waals surface area contributed by atoms with Crippen LogP contribution >= 0.6 is 0 Å². The number of aromatic nitrogens is 1. The maximum Gasteiger partial charge on any atom is 0.239 e. The number of primary sulfonamides is 1. The SMILES string of the molecule is NCc1ccc(Oc2ccc(S(N)(=O)=O)cn2)cc1. The molecule has 1 aromatic heterocycles. The van der Waals surface area contributed by atoms with Gasteiger partial charge in [-0.25, -0.2) is 18.5 Å². The van der Waals surface area contributed by atoms with Gasteiger partial charge in [0.05, 0.1) is 6.20 Å². The minimum atomic E-state index is -3.73. The predicted molar refractivity (Wildman–Crippen MR) is 70.0 cm³/mol. The molecule has 2 aromatic rings. The Morgan fingerprint density at radius 3 is 2.26 bits per heavy atom. The molecule has 0 aliphatic heterocycles. The van der Waals surface area contributed by atoms with Crippen LogP contribution in [0.5, 0.6) is 11.6 Å². The third-order valence-electron chi connectivity index (χ3n) is 2.42. The van der Waals surface area contributed by atoms with Crippen molar-refractivity contribution < 1.29 is 13.2 Å². The monoisotopic (exact) mass is 279 g/mol. The molecule has 1 heterocycles. The van der Waals surface area contributed by atoms with Crippen LogP contribution in [0.4, 0.5) is 0 Å². The van der Waals surface area contributed by atoms with E-state index >= 15 is 0 Å². The summed E-state index contributed by atoms with van der Waals surface area (Å²) >= 11 is 0. The van der Waals surface area contributed by atoms with Crippen LogP contribution in [0.2, 0.25) is 0 Å². The van der Waals surface area contributed by atoms with Crippen molar-refractivity contribution in [1.82, 2.24) is 4.98 Å². The summed E-state index contributed by atoms with van der Waals surface area (Å²) in [6.07, 6.45) is 1.15. The van der Waals surface area contributed by atoms with Gasteiger partial charge in [-0.15, -0.1) is 0 Å². The number of benzene rings is 1. The molecular formula is C12H13N3O3S. The van der Waals surface area contributed by atoms with Crippen LogP contribution in [-0.2, 0) is 16.6 Å². The van der Waals surface area contributed by atoms with Crippen molar-refractivity contribution in [1.29, 1.82) is 0 Å². The Bertz CT molecular complexity index is 652. The van der Waals surface area contributed by atoms with Gasteiger partial charge < -0.3 is 10.5 Å². The van der Waals surface area contributed by atoms with E-state index in [1.807, 2.05) is 12.1 Å². The van der Waals surface area contributed by atoms with E-state index in [-0.39, 0.29) is 10.8 Å². The standard InChI is InChI=1S/C12H13N3O3S/c13-7-9-1-3-10(4-2-9)18-12-6-5-11(8-15-12)19(14,16)17/h1-6,8H,7,13H2,(H2,14,16,17). The number of nitrogens with two attached hydrogens (primary N) is 2. The minimum absolute atomic E-state index is 0.0571. The molecule has 6 nitrogen and oxygen atoms in total. The van der Waals surface area contributed by atoms with Crippen LogP contribution < -0.4 is 15.6 Å². The predicted octanol–water partition coefficient (Wildman–Crippen LogP) is 0.980. The molecule has 0 saturated carbocycles. The van der Waals surface area contributed by atoms with Crippen molar-refractivity contribution in [3.05, 3.63) is 48.2 Å². The molecule has 7 heteroatoms. The van der Waals surface area contributed by atoms with E-state index in [0.717, 1.165) is 11.8 Å². The van der Waals surface area contributed by atoms with Crippen LogP contribution in [0.15, 0.2) is 47.5 Å². The van der Waals surface area contributed by atoms with E-state index in [9.17, 15) is 8.42 Å². The lowest BCUT2D eigenvalue weighted by molar-refractivity contribution is 0.461. The molecular weight excluding hydrogens is 266 g/mol. The van der Waals surface area contributed by atoms with E-state index in [0.29, 0.717) is 12.3 Å². The van der Waals surface area contributed by atoms with Crippen LogP contribution in [0.25, 0.3) is 0 Å². The first-order valence-electron chi connectivity index (χ1n) is 5.45. The smallest absolute Gasteiger partial charge is 0.239 e. The molecule has 0 radical (unpaired) electrons. The summed E-state index contributed by atoms with van der Waals surface area (Å²) in [5.41, 5.74) is 6.48. The molecule has 0 aliphatic rings. The lowest BCUT2D eigenvalue weighted by Gasteiger charge is -2.05. The average Bonchev–Trinajstić information content (AvgIpc) is 2.39. The molecule has 1 aromatic carbocycles. The fraction of sp³-hybridized carbons (Fsp3) is 0.0833. The van der Waals surface area contributed by atoms with Crippen LogP contribution in [0.1, 0.15) is 5.56 Å². The molecule has 19 heavy (non-hydrogen) atoms. The van der Waals surface area contributed by atoms with Crippen molar-refractivity contribution in [3.63, 3.8) is 0 Å². The summed E-state index contributed by atoms with van der Waals surface area (Å²) in [6, 6.07) is 9.99. The third kappa shape index (κ3) is 3.50. The number of nitrogens with zero attached hydrogens (tertiary/aromatic N) is 1. The number of pyridine rings is 1. The summed E-state index contributed by atoms with van der Waals surface area (Å²) in [7, 11) is -3.73. The van der Waals surface area contributed by atoms with Gasteiger partial charge in [0, 0.05) is 12.6 Å². The van der Waals surface area contributed by atoms with Crippen molar-refractivity contribution in [2.24, 2.45) is 10.9 Å². The molecule has 0 bridgehead atoms. The van der Waals surface area contributed by atoms with E-state index < -0.39 is 10.0 Å². The number of hydrogen-bond donors (Lipinski definition) is 2. The van der Waals surface area contributed by atoms with Gasteiger partial charge in [-0.1, -0.05) is 12.1 Å². The Morgan fingerprint density at radius 1 is 1.11 bits per heavy atom. The molecule has 0 unspecified atom stereocenters. The molecule has 0 spiro atoms. The Labute approximate surface area is 111 Å². The zero-order chi connectivity index (χ0) is 13.9. The highest BCUT2D eigenvalue weighted by molar-refractivity contribution is 7.89.